The van der Waals surface area contributed by atoms with Crippen LogP contribution in [0.25, 0.3) is 0 Å². The molecule has 0 fully saturated rings. The third-order valence-electron chi connectivity index (χ3n) is 2.09. The highest BCUT2D eigenvalue weighted by atomic mass is 16.7. The first-order valence-corrected chi connectivity index (χ1v) is 5.55. The summed E-state index contributed by atoms with van der Waals surface area (Å²) in [6, 6.07) is 4.80. The van der Waals surface area contributed by atoms with E-state index in [0.717, 1.165) is 5.56 Å². The van der Waals surface area contributed by atoms with Gasteiger partial charge in [-0.25, -0.2) is 0 Å². The van der Waals surface area contributed by atoms with Crippen molar-refractivity contribution in [2.45, 2.75) is 32.9 Å². The maximum absolute atomic E-state index is 10.8. The van der Waals surface area contributed by atoms with Crippen molar-refractivity contribution in [2.75, 3.05) is 7.11 Å². The number of rotatable bonds is 5. The van der Waals surface area contributed by atoms with Gasteiger partial charge >= 0.3 is 5.69 Å². The fourth-order valence-electron chi connectivity index (χ4n) is 1.32. The lowest BCUT2D eigenvalue weighted by atomic mass is 10.2. The maximum Gasteiger partial charge on any atom is 0.311 e. The summed E-state index contributed by atoms with van der Waals surface area (Å²) in [7, 11) is 1.41. The number of hydrogen-bond donors (Lipinski definition) is 1. The first-order valence-electron chi connectivity index (χ1n) is 5.55. The summed E-state index contributed by atoms with van der Waals surface area (Å²) in [6.45, 7) is 6.13. The van der Waals surface area contributed by atoms with Crippen LogP contribution in [-0.2, 0) is 11.4 Å². The Morgan fingerprint density at radius 2 is 2.06 bits per heavy atom. The Labute approximate surface area is 106 Å². The van der Waals surface area contributed by atoms with E-state index in [2.05, 4.69) is 5.48 Å². The molecule has 0 amide bonds. The number of ether oxygens (including phenoxy) is 1. The molecule has 1 rings (SSSR count). The van der Waals surface area contributed by atoms with Crippen molar-refractivity contribution in [2.24, 2.45) is 0 Å². The van der Waals surface area contributed by atoms with Crippen LogP contribution in [-0.4, -0.2) is 17.6 Å². The van der Waals surface area contributed by atoms with Crippen LogP contribution in [0, 0.1) is 10.1 Å². The molecule has 1 aromatic carbocycles. The van der Waals surface area contributed by atoms with E-state index in [0.29, 0.717) is 6.54 Å². The SMILES string of the molecule is COc1ccc(CNOC(C)(C)C)cc1[N+](=O)[O-]. The molecule has 1 aromatic rings. The van der Waals surface area contributed by atoms with E-state index in [1.807, 2.05) is 20.8 Å². The highest BCUT2D eigenvalue weighted by Gasteiger charge is 2.15. The summed E-state index contributed by atoms with van der Waals surface area (Å²) in [5.41, 5.74) is 3.18. The van der Waals surface area contributed by atoms with E-state index in [1.54, 1.807) is 12.1 Å². The van der Waals surface area contributed by atoms with Gasteiger partial charge in [-0.05, 0) is 32.4 Å². The van der Waals surface area contributed by atoms with Gasteiger partial charge in [-0.15, -0.1) is 0 Å². The third-order valence-corrected chi connectivity index (χ3v) is 2.09. The lowest BCUT2D eigenvalue weighted by Crippen LogP contribution is -2.28. The van der Waals surface area contributed by atoms with Crippen LogP contribution in [0.15, 0.2) is 18.2 Å². The number of nitrogens with zero attached hydrogens (tertiary/aromatic N) is 1. The smallest absolute Gasteiger partial charge is 0.311 e. The number of nitro benzene ring substituents is 1. The number of hydroxylamine groups is 1. The van der Waals surface area contributed by atoms with Gasteiger partial charge in [0.05, 0.1) is 17.6 Å². The van der Waals surface area contributed by atoms with Gasteiger partial charge in [0.2, 0.25) is 0 Å². The van der Waals surface area contributed by atoms with Crippen LogP contribution in [0.5, 0.6) is 5.75 Å². The normalized spacial score (nSPS) is 11.3. The van der Waals surface area contributed by atoms with E-state index in [9.17, 15) is 10.1 Å². The molecule has 0 unspecified atom stereocenters. The van der Waals surface area contributed by atoms with Gasteiger partial charge in [0.1, 0.15) is 0 Å². The molecule has 0 saturated carbocycles. The van der Waals surface area contributed by atoms with E-state index < -0.39 is 4.92 Å². The first-order chi connectivity index (χ1) is 8.33. The monoisotopic (exact) mass is 254 g/mol. The van der Waals surface area contributed by atoms with E-state index in [-0.39, 0.29) is 17.0 Å². The van der Waals surface area contributed by atoms with Crippen molar-refractivity contribution in [1.29, 1.82) is 0 Å². The molecule has 0 aliphatic rings. The van der Waals surface area contributed by atoms with Crippen LogP contribution in [0.3, 0.4) is 0 Å². The van der Waals surface area contributed by atoms with E-state index in [1.165, 1.54) is 13.2 Å². The molecule has 0 radical (unpaired) electrons. The average molecular weight is 254 g/mol. The van der Waals surface area contributed by atoms with Crippen molar-refractivity contribution in [3.8, 4) is 5.75 Å². The molecule has 0 spiro atoms. The van der Waals surface area contributed by atoms with Gasteiger partial charge in [0, 0.05) is 12.6 Å². The van der Waals surface area contributed by atoms with Gasteiger partial charge < -0.3 is 4.74 Å². The van der Waals surface area contributed by atoms with Crippen LogP contribution in [0.2, 0.25) is 0 Å². The Bertz CT molecular complexity index is 427. The quantitative estimate of drug-likeness (QED) is 0.645. The van der Waals surface area contributed by atoms with Crippen molar-refractivity contribution < 1.29 is 14.5 Å². The molecule has 0 bridgehead atoms. The summed E-state index contributed by atoms with van der Waals surface area (Å²) in [5, 5.41) is 10.8. The van der Waals surface area contributed by atoms with Crippen molar-refractivity contribution in [3.63, 3.8) is 0 Å². The minimum absolute atomic E-state index is 0.0486. The van der Waals surface area contributed by atoms with E-state index in [4.69, 9.17) is 9.57 Å². The Hall–Kier alpha value is -1.66. The zero-order chi connectivity index (χ0) is 13.8. The average Bonchev–Trinajstić information content (AvgIpc) is 2.27. The molecule has 0 atom stereocenters. The lowest BCUT2D eigenvalue weighted by molar-refractivity contribution is -0.385. The number of nitro groups is 1. The second-order valence-corrected chi connectivity index (χ2v) is 4.80. The molecule has 6 nitrogen and oxygen atoms in total. The second kappa shape index (κ2) is 5.79. The first kappa shape index (κ1) is 14.4. The number of hydrogen-bond acceptors (Lipinski definition) is 5. The predicted molar refractivity (Wildman–Crippen MR) is 67.3 cm³/mol. The fourth-order valence-corrected chi connectivity index (χ4v) is 1.32. The van der Waals surface area contributed by atoms with Crippen LogP contribution in [0.4, 0.5) is 5.69 Å². The fraction of sp³-hybridized carbons (Fsp3) is 0.500. The zero-order valence-corrected chi connectivity index (χ0v) is 11.0. The minimum Gasteiger partial charge on any atom is -0.490 e. The molecule has 100 valence electrons. The number of methoxy groups -OCH3 is 1. The minimum atomic E-state index is -0.465. The standard InChI is InChI=1S/C12H18N2O4/c1-12(2,3)18-13-8-9-5-6-11(17-4)10(7-9)14(15)16/h5-7,13H,8H2,1-4H3. The Kier molecular flexibility index (Phi) is 4.63. The Balaban J connectivity index is 2.73. The predicted octanol–water partition coefficient (Wildman–Crippen LogP) is 2.42. The largest absolute Gasteiger partial charge is 0.490 e. The molecular formula is C12H18N2O4. The van der Waals surface area contributed by atoms with Crippen molar-refractivity contribution in [3.05, 3.63) is 33.9 Å². The molecular weight excluding hydrogens is 236 g/mol. The third kappa shape index (κ3) is 4.31. The molecule has 0 aromatic heterocycles. The second-order valence-electron chi connectivity index (χ2n) is 4.80. The number of nitrogens with one attached hydrogen (secondary N) is 1. The summed E-state index contributed by atoms with van der Waals surface area (Å²) >= 11 is 0. The van der Waals surface area contributed by atoms with Crippen LogP contribution in [0.1, 0.15) is 26.3 Å². The highest BCUT2D eigenvalue weighted by Crippen LogP contribution is 2.27. The molecule has 6 heteroatoms. The Morgan fingerprint density at radius 3 is 2.56 bits per heavy atom. The highest BCUT2D eigenvalue weighted by molar-refractivity contribution is 5.48. The van der Waals surface area contributed by atoms with Crippen LogP contribution >= 0.6 is 0 Å². The van der Waals surface area contributed by atoms with Crippen molar-refractivity contribution >= 4 is 5.69 Å². The van der Waals surface area contributed by atoms with Gasteiger partial charge in [-0.2, -0.15) is 5.48 Å². The molecule has 1 N–H and O–H groups in total. The van der Waals surface area contributed by atoms with Gasteiger partial charge in [0.25, 0.3) is 0 Å². The molecule has 0 heterocycles. The van der Waals surface area contributed by atoms with Crippen LogP contribution < -0.4 is 10.2 Å². The van der Waals surface area contributed by atoms with Gasteiger partial charge in [0.15, 0.2) is 5.75 Å². The van der Waals surface area contributed by atoms with E-state index >= 15 is 0 Å². The molecule has 18 heavy (non-hydrogen) atoms. The van der Waals surface area contributed by atoms with Gasteiger partial charge in [-0.1, -0.05) is 6.07 Å². The Morgan fingerprint density at radius 1 is 1.39 bits per heavy atom. The molecule has 0 aliphatic heterocycles. The maximum atomic E-state index is 10.8. The lowest BCUT2D eigenvalue weighted by Gasteiger charge is -2.19. The summed E-state index contributed by atoms with van der Waals surface area (Å²) in [6.07, 6.45) is 0. The zero-order valence-electron chi connectivity index (χ0n) is 11.0. The summed E-state index contributed by atoms with van der Waals surface area (Å²) < 4.78 is 4.93. The van der Waals surface area contributed by atoms with Crippen molar-refractivity contribution in [1.82, 2.24) is 5.48 Å². The summed E-state index contributed by atoms with van der Waals surface area (Å²) in [5.74, 6) is 0.250. The molecule has 0 aliphatic carbocycles. The topological polar surface area (TPSA) is 73.6 Å². The number of benzene rings is 1. The van der Waals surface area contributed by atoms with Gasteiger partial charge in [-0.3, -0.25) is 15.0 Å². The summed E-state index contributed by atoms with van der Waals surface area (Å²) in [4.78, 5) is 15.7. The molecule has 0 saturated heterocycles.